The minimum absolute atomic E-state index is 0.0826. The van der Waals surface area contributed by atoms with Gasteiger partial charge < -0.3 is 32.7 Å². The number of amides is 4. The van der Waals surface area contributed by atoms with Crippen LogP contribution in [0.2, 0.25) is 5.02 Å². The van der Waals surface area contributed by atoms with Crippen molar-refractivity contribution in [2.75, 3.05) is 6.54 Å². The average Bonchev–Trinajstić information content (AvgIpc) is 3.38. The number of fused-ring (bicyclic) bond motifs is 1. The van der Waals surface area contributed by atoms with E-state index in [0.29, 0.717) is 16.3 Å². The maximum atomic E-state index is 14.3. The molecule has 0 bridgehead atoms. The molecule has 47 heavy (non-hydrogen) atoms. The van der Waals surface area contributed by atoms with Gasteiger partial charge in [-0.25, -0.2) is 0 Å². The standard InChI is InChI=1S/C34H44ClN7O4S/c1-20-25-19-23(35)15-16-28(25)47-29(20)33(46)42(24-12-7-4-8-13-24)21(2)31(44)40-26(14-9-17-39-34(37)38)32(45)41-27(30(36)43)18-22-10-5-3-6-11-22/h3,5-6,10-11,15-16,19,21,24,26-27H,4,7-9,12-14,17-18H2,1-2H3,(H2,36,43)(H,40,44)(H,41,45)(H4,37,38,39)/t21-,26-,27-/m0/s1. The zero-order valence-electron chi connectivity index (χ0n) is 26.8. The van der Waals surface area contributed by atoms with Gasteiger partial charge in [-0.2, -0.15) is 0 Å². The van der Waals surface area contributed by atoms with Gasteiger partial charge in [0.25, 0.3) is 5.91 Å². The molecule has 0 aliphatic heterocycles. The number of hydrogen-bond donors (Lipinski definition) is 5. The Morgan fingerprint density at radius 1 is 0.979 bits per heavy atom. The molecule has 0 unspecified atom stereocenters. The molecule has 4 rings (SSSR count). The minimum atomic E-state index is -1.03. The van der Waals surface area contributed by atoms with E-state index in [1.165, 1.54) is 11.3 Å². The number of primary amides is 1. The third kappa shape index (κ3) is 9.45. The Morgan fingerprint density at radius 3 is 2.32 bits per heavy atom. The van der Waals surface area contributed by atoms with Crippen LogP contribution >= 0.6 is 22.9 Å². The highest BCUT2D eigenvalue weighted by Gasteiger charge is 2.37. The van der Waals surface area contributed by atoms with Gasteiger partial charge in [-0.15, -0.1) is 11.3 Å². The molecule has 0 spiro atoms. The first-order chi connectivity index (χ1) is 22.5. The Labute approximate surface area is 284 Å². The van der Waals surface area contributed by atoms with Gasteiger partial charge >= 0.3 is 0 Å². The Kier molecular flexibility index (Phi) is 12.6. The molecule has 1 heterocycles. The van der Waals surface area contributed by atoms with E-state index in [4.69, 9.17) is 28.8 Å². The van der Waals surface area contributed by atoms with Gasteiger partial charge in [0.05, 0.1) is 4.88 Å². The van der Waals surface area contributed by atoms with Gasteiger partial charge in [-0.3, -0.25) is 24.2 Å². The van der Waals surface area contributed by atoms with E-state index in [9.17, 15) is 19.2 Å². The number of aliphatic imine (C=N–C) groups is 1. The van der Waals surface area contributed by atoms with Crippen LogP contribution in [-0.4, -0.2) is 65.2 Å². The summed E-state index contributed by atoms with van der Waals surface area (Å²) in [7, 11) is 0. The summed E-state index contributed by atoms with van der Waals surface area (Å²) in [6.45, 7) is 3.83. The second-order valence-corrected chi connectivity index (χ2v) is 13.5. The van der Waals surface area contributed by atoms with Gasteiger partial charge in [0, 0.05) is 28.7 Å². The zero-order chi connectivity index (χ0) is 34.1. The van der Waals surface area contributed by atoms with Crippen molar-refractivity contribution < 1.29 is 19.2 Å². The monoisotopic (exact) mass is 681 g/mol. The van der Waals surface area contributed by atoms with Crippen molar-refractivity contribution in [3.05, 3.63) is 69.6 Å². The van der Waals surface area contributed by atoms with E-state index in [0.717, 1.165) is 53.3 Å². The zero-order valence-corrected chi connectivity index (χ0v) is 28.4. The van der Waals surface area contributed by atoms with E-state index in [1.54, 1.807) is 17.9 Å². The van der Waals surface area contributed by atoms with E-state index in [-0.39, 0.29) is 37.3 Å². The number of halogens is 1. The van der Waals surface area contributed by atoms with Gasteiger partial charge in [0.1, 0.15) is 18.1 Å². The molecule has 13 heteroatoms. The van der Waals surface area contributed by atoms with E-state index < -0.39 is 35.8 Å². The third-order valence-electron chi connectivity index (χ3n) is 8.61. The summed E-state index contributed by atoms with van der Waals surface area (Å²) in [5, 5.41) is 7.08. The first-order valence-electron chi connectivity index (χ1n) is 16.0. The number of guanidine groups is 1. The number of thiophene rings is 1. The lowest BCUT2D eigenvalue weighted by Gasteiger charge is -2.38. The molecule has 0 saturated heterocycles. The molecule has 2 aromatic carbocycles. The summed E-state index contributed by atoms with van der Waals surface area (Å²) >= 11 is 7.64. The lowest BCUT2D eigenvalue weighted by molar-refractivity contribution is -0.133. The number of hydrogen-bond acceptors (Lipinski definition) is 6. The van der Waals surface area contributed by atoms with Crippen LogP contribution in [0.4, 0.5) is 0 Å². The molecule has 1 aliphatic rings. The highest BCUT2D eigenvalue weighted by Crippen LogP contribution is 2.35. The number of nitrogens with two attached hydrogens (primary N) is 3. The molecule has 8 N–H and O–H groups in total. The van der Waals surface area contributed by atoms with E-state index in [1.807, 2.05) is 49.4 Å². The fourth-order valence-electron chi connectivity index (χ4n) is 6.07. The topological polar surface area (TPSA) is 186 Å². The molecule has 1 aromatic heterocycles. The number of carbonyl (C=O) groups excluding carboxylic acids is 4. The molecule has 3 aromatic rings. The summed E-state index contributed by atoms with van der Waals surface area (Å²) in [6, 6.07) is 11.7. The molecule has 1 saturated carbocycles. The first-order valence-corrected chi connectivity index (χ1v) is 17.2. The Hall–Kier alpha value is -4.16. The van der Waals surface area contributed by atoms with Crippen molar-refractivity contribution in [1.82, 2.24) is 15.5 Å². The summed E-state index contributed by atoms with van der Waals surface area (Å²) in [4.78, 5) is 60.5. The molecule has 1 aliphatic carbocycles. The predicted molar refractivity (Wildman–Crippen MR) is 187 cm³/mol. The van der Waals surface area contributed by atoms with Crippen LogP contribution in [0.15, 0.2) is 53.5 Å². The number of rotatable bonds is 14. The highest BCUT2D eigenvalue weighted by atomic mass is 35.5. The van der Waals surface area contributed by atoms with Crippen LogP contribution in [0.1, 0.15) is 72.7 Å². The SMILES string of the molecule is Cc1c(C(=O)N(C2CCCCC2)[C@@H](C)C(=O)N[C@@H](CCCN=C(N)N)C(=O)N[C@@H](Cc2ccccc2)C(N)=O)sc2ccc(Cl)cc12. The minimum Gasteiger partial charge on any atom is -0.370 e. The maximum Gasteiger partial charge on any atom is 0.265 e. The Balaban J connectivity index is 1.58. The van der Waals surface area contributed by atoms with Crippen molar-refractivity contribution >= 4 is 62.6 Å². The summed E-state index contributed by atoms with van der Waals surface area (Å²) in [6.07, 6.45) is 5.29. The lowest BCUT2D eigenvalue weighted by atomic mass is 9.92. The molecular weight excluding hydrogens is 638 g/mol. The van der Waals surface area contributed by atoms with Gasteiger partial charge in [0.2, 0.25) is 17.7 Å². The number of nitrogens with zero attached hydrogens (tertiary/aromatic N) is 2. The third-order valence-corrected chi connectivity index (χ3v) is 10.1. The van der Waals surface area contributed by atoms with Crippen molar-refractivity contribution in [2.45, 2.75) is 89.4 Å². The van der Waals surface area contributed by atoms with Crippen molar-refractivity contribution in [1.29, 1.82) is 0 Å². The summed E-state index contributed by atoms with van der Waals surface area (Å²) in [5.41, 5.74) is 18.2. The van der Waals surface area contributed by atoms with Crippen molar-refractivity contribution in [3.63, 3.8) is 0 Å². The number of carbonyl (C=O) groups is 4. The van der Waals surface area contributed by atoms with Crippen LogP contribution in [0.25, 0.3) is 10.1 Å². The van der Waals surface area contributed by atoms with Gasteiger partial charge in [-0.1, -0.05) is 61.2 Å². The fourth-order valence-corrected chi connectivity index (χ4v) is 7.37. The molecule has 0 radical (unpaired) electrons. The van der Waals surface area contributed by atoms with Gasteiger partial charge in [0.15, 0.2) is 5.96 Å². The molecule has 3 atom stereocenters. The maximum absolute atomic E-state index is 14.3. The second kappa shape index (κ2) is 16.6. The normalized spacial score (nSPS) is 15.3. The van der Waals surface area contributed by atoms with E-state index >= 15 is 0 Å². The number of aryl methyl sites for hydroxylation is 1. The quantitative estimate of drug-likeness (QED) is 0.0979. The fraction of sp³-hybridized carbons (Fsp3) is 0.441. The van der Waals surface area contributed by atoms with Crippen molar-refractivity contribution in [3.8, 4) is 0 Å². The number of nitrogens with one attached hydrogen (secondary N) is 2. The van der Waals surface area contributed by atoms with Crippen LogP contribution in [0, 0.1) is 6.92 Å². The van der Waals surface area contributed by atoms with E-state index in [2.05, 4.69) is 15.6 Å². The molecular formula is C34H44ClN7O4S. The largest absolute Gasteiger partial charge is 0.370 e. The molecule has 252 valence electrons. The van der Waals surface area contributed by atoms with Crippen LogP contribution in [0.3, 0.4) is 0 Å². The van der Waals surface area contributed by atoms with Crippen LogP contribution in [-0.2, 0) is 20.8 Å². The Bertz CT molecular complexity index is 1600. The second-order valence-electron chi connectivity index (χ2n) is 12.0. The van der Waals surface area contributed by atoms with Crippen LogP contribution < -0.4 is 27.8 Å². The van der Waals surface area contributed by atoms with Crippen LogP contribution in [0.5, 0.6) is 0 Å². The Morgan fingerprint density at radius 2 is 1.66 bits per heavy atom. The summed E-state index contributed by atoms with van der Waals surface area (Å²) in [5.74, 6) is -2.05. The van der Waals surface area contributed by atoms with Crippen molar-refractivity contribution in [2.24, 2.45) is 22.2 Å². The first kappa shape index (κ1) is 35.7. The molecule has 1 fully saturated rings. The predicted octanol–water partition coefficient (Wildman–Crippen LogP) is 3.78. The highest BCUT2D eigenvalue weighted by molar-refractivity contribution is 7.21. The van der Waals surface area contributed by atoms with Gasteiger partial charge in [-0.05, 0) is 74.2 Å². The average molecular weight is 682 g/mol. The molecule has 4 amide bonds. The molecule has 11 nitrogen and oxygen atoms in total. The lowest BCUT2D eigenvalue weighted by Crippen LogP contribution is -2.58. The smallest absolute Gasteiger partial charge is 0.265 e. The summed E-state index contributed by atoms with van der Waals surface area (Å²) < 4.78 is 0.938. The number of benzene rings is 2.